The Balaban J connectivity index is 2.07. The van der Waals surface area contributed by atoms with Crippen molar-refractivity contribution in [2.45, 2.75) is 20.8 Å². The smallest absolute Gasteiger partial charge is 0.267 e. The fraction of sp³-hybridized carbons (Fsp3) is 0.150. The van der Waals surface area contributed by atoms with E-state index in [1.54, 1.807) is 24.3 Å². The number of nitrogens with one attached hydrogen (secondary N) is 3. The molecule has 0 aromatic heterocycles. The van der Waals surface area contributed by atoms with E-state index < -0.39 is 5.91 Å². The standard InChI is InChI=1S/C20H20N4O2/c1-13-5-4-6-19(14(13)2)22-12-16(11-21)20(26)24-18-9-7-17(8-10-18)23-15(3)25/h4-10,12,22H,1-3H3,(H,23,25)(H,24,26)/b16-12-. The summed E-state index contributed by atoms with van der Waals surface area (Å²) >= 11 is 0. The molecule has 2 rings (SSSR count). The van der Waals surface area contributed by atoms with Crippen LogP contribution in [0.15, 0.2) is 54.2 Å². The molecule has 3 N–H and O–H groups in total. The highest BCUT2D eigenvalue weighted by Gasteiger charge is 2.10. The molecule has 2 aromatic rings. The van der Waals surface area contributed by atoms with E-state index in [-0.39, 0.29) is 11.5 Å². The van der Waals surface area contributed by atoms with Gasteiger partial charge in [0.25, 0.3) is 5.91 Å². The Labute approximate surface area is 152 Å². The molecule has 0 aliphatic heterocycles. The van der Waals surface area contributed by atoms with Gasteiger partial charge in [-0.2, -0.15) is 5.26 Å². The zero-order valence-electron chi connectivity index (χ0n) is 14.9. The summed E-state index contributed by atoms with van der Waals surface area (Å²) in [5.41, 5.74) is 4.11. The first kappa shape index (κ1) is 18.7. The van der Waals surface area contributed by atoms with E-state index in [9.17, 15) is 14.9 Å². The summed E-state index contributed by atoms with van der Waals surface area (Å²) in [7, 11) is 0. The number of hydrogen-bond acceptors (Lipinski definition) is 4. The van der Waals surface area contributed by atoms with Crippen LogP contribution in [0.4, 0.5) is 17.1 Å². The number of amides is 2. The third-order valence-electron chi connectivity index (χ3n) is 3.80. The fourth-order valence-corrected chi connectivity index (χ4v) is 2.24. The van der Waals surface area contributed by atoms with E-state index >= 15 is 0 Å². The highest BCUT2D eigenvalue weighted by atomic mass is 16.2. The molecule has 0 saturated heterocycles. The number of benzene rings is 2. The van der Waals surface area contributed by atoms with Gasteiger partial charge in [0.2, 0.25) is 5.91 Å². The van der Waals surface area contributed by atoms with E-state index in [0.29, 0.717) is 11.4 Å². The zero-order valence-corrected chi connectivity index (χ0v) is 14.9. The molecule has 6 heteroatoms. The lowest BCUT2D eigenvalue weighted by atomic mass is 10.1. The van der Waals surface area contributed by atoms with E-state index in [4.69, 9.17) is 0 Å². The van der Waals surface area contributed by atoms with Crippen molar-refractivity contribution < 1.29 is 9.59 Å². The predicted octanol–water partition coefficient (Wildman–Crippen LogP) is 3.72. The SMILES string of the molecule is CC(=O)Nc1ccc(NC(=O)/C(C#N)=C\Nc2cccc(C)c2C)cc1. The number of hydrogen-bond donors (Lipinski definition) is 3. The fourth-order valence-electron chi connectivity index (χ4n) is 2.24. The molecule has 0 fully saturated rings. The number of aryl methyl sites for hydroxylation is 1. The largest absolute Gasteiger partial charge is 0.360 e. The van der Waals surface area contributed by atoms with Gasteiger partial charge in [-0.15, -0.1) is 0 Å². The minimum atomic E-state index is -0.516. The summed E-state index contributed by atoms with van der Waals surface area (Å²) in [6, 6.07) is 14.3. The molecule has 0 spiro atoms. The number of rotatable bonds is 5. The van der Waals surface area contributed by atoms with Crippen molar-refractivity contribution in [3.63, 3.8) is 0 Å². The molecule has 0 heterocycles. The second kappa shape index (κ2) is 8.49. The maximum absolute atomic E-state index is 12.3. The third-order valence-corrected chi connectivity index (χ3v) is 3.80. The maximum Gasteiger partial charge on any atom is 0.267 e. The first-order valence-corrected chi connectivity index (χ1v) is 8.02. The normalized spacial score (nSPS) is 10.6. The van der Waals surface area contributed by atoms with Crippen molar-refractivity contribution >= 4 is 28.9 Å². The first-order chi connectivity index (χ1) is 12.4. The molecule has 0 bridgehead atoms. The zero-order chi connectivity index (χ0) is 19.1. The number of carbonyl (C=O) groups excluding carboxylic acids is 2. The first-order valence-electron chi connectivity index (χ1n) is 8.02. The van der Waals surface area contributed by atoms with E-state index in [1.165, 1.54) is 13.1 Å². The van der Waals surface area contributed by atoms with Crippen LogP contribution in [-0.2, 0) is 9.59 Å². The molecular weight excluding hydrogens is 328 g/mol. The lowest BCUT2D eigenvalue weighted by molar-refractivity contribution is -0.114. The number of nitriles is 1. The molecule has 0 atom stereocenters. The Morgan fingerprint density at radius 3 is 2.19 bits per heavy atom. The van der Waals surface area contributed by atoms with Gasteiger partial charge in [-0.25, -0.2) is 0 Å². The van der Waals surface area contributed by atoms with Crippen molar-refractivity contribution in [1.82, 2.24) is 0 Å². The van der Waals surface area contributed by atoms with Crippen LogP contribution < -0.4 is 16.0 Å². The summed E-state index contributed by atoms with van der Waals surface area (Å²) in [5, 5.41) is 17.6. The van der Waals surface area contributed by atoms with Crippen LogP contribution in [0.2, 0.25) is 0 Å². The van der Waals surface area contributed by atoms with Crippen LogP contribution in [0.25, 0.3) is 0 Å². The van der Waals surface area contributed by atoms with Crippen LogP contribution in [-0.4, -0.2) is 11.8 Å². The van der Waals surface area contributed by atoms with Crippen LogP contribution in [0.1, 0.15) is 18.1 Å². The molecule has 132 valence electrons. The lowest BCUT2D eigenvalue weighted by Gasteiger charge is -2.09. The summed E-state index contributed by atoms with van der Waals surface area (Å²) < 4.78 is 0. The predicted molar refractivity (Wildman–Crippen MR) is 103 cm³/mol. The van der Waals surface area contributed by atoms with Gasteiger partial charge >= 0.3 is 0 Å². The third kappa shape index (κ3) is 4.95. The molecule has 0 aliphatic carbocycles. The van der Waals surface area contributed by atoms with Gasteiger partial charge in [-0.05, 0) is 55.3 Å². The highest BCUT2D eigenvalue weighted by Crippen LogP contribution is 2.18. The molecule has 6 nitrogen and oxygen atoms in total. The van der Waals surface area contributed by atoms with Gasteiger partial charge in [0.1, 0.15) is 11.6 Å². The molecule has 0 radical (unpaired) electrons. The molecule has 2 amide bonds. The summed E-state index contributed by atoms with van der Waals surface area (Å²) in [6.07, 6.45) is 1.39. The van der Waals surface area contributed by atoms with Gasteiger partial charge in [-0.1, -0.05) is 12.1 Å². The molecule has 2 aromatic carbocycles. The Hall–Kier alpha value is -3.59. The monoisotopic (exact) mass is 348 g/mol. The minimum Gasteiger partial charge on any atom is -0.360 e. The van der Waals surface area contributed by atoms with Gasteiger partial charge in [0.05, 0.1) is 0 Å². The van der Waals surface area contributed by atoms with E-state index in [0.717, 1.165) is 16.8 Å². The Bertz CT molecular complexity index is 893. The molecule has 0 unspecified atom stereocenters. The average molecular weight is 348 g/mol. The second-order valence-electron chi connectivity index (χ2n) is 5.77. The number of carbonyl (C=O) groups is 2. The highest BCUT2D eigenvalue weighted by molar-refractivity contribution is 6.06. The maximum atomic E-state index is 12.3. The number of nitrogens with zero attached hydrogens (tertiary/aromatic N) is 1. The topological polar surface area (TPSA) is 94.0 Å². The van der Waals surface area contributed by atoms with Crippen molar-refractivity contribution in [3.8, 4) is 6.07 Å². The number of anilines is 3. The van der Waals surface area contributed by atoms with E-state index in [1.807, 2.05) is 38.1 Å². The van der Waals surface area contributed by atoms with Crippen molar-refractivity contribution in [2.24, 2.45) is 0 Å². The summed E-state index contributed by atoms with van der Waals surface area (Å²) in [4.78, 5) is 23.3. The van der Waals surface area contributed by atoms with Gasteiger partial charge in [0, 0.05) is 30.2 Å². The molecular formula is C20H20N4O2. The average Bonchev–Trinajstić information content (AvgIpc) is 2.60. The van der Waals surface area contributed by atoms with Crippen LogP contribution >= 0.6 is 0 Å². The van der Waals surface area contributed by atoms with Crippen LogP contribution in [0.3, 0.4) is 0 Å². The minimum absolute atomic E-state index is 0.0446. The molecule has 0 aliphatic rings. The Kier molecular flexibility index (Phi) is 6.12. The summed E-state index contributed by atoms with van der Waals surface area (Å²) in [5.74, 6) is -0.688. The van der Waals surface area contributed by atoms with Gasteiger partial charge in [-0.3, -0.25) is 9.59 Å². The summed E-state index contributed by atoms with van der Waals surface area (Å²) in [6.45, 7) is 5.38. The lowest BCUT2D eigenvalue weighted by Crippen LogP contribution is -2.14. The van der Waals surface area contributed by atoms with Crippen molar-refractivity contribution in [2.75, 3.05) is 16.0 Å². The Morgan fingerprint density at radius 1 is 1.00 bits per heavy atom. The quantitative estimate of drug-likeness (QED) is 0.567. The molecule has 0 saturated carbocycles. The van der Waals surface area contributed by atoms with Crippen LogP contribution in [0.5, 0.6) is 0 Å². The van der Waals surface area contributed by atoms with Gasteiger partial charge in [0.15, 0.2) is 0 Å². The molecule has 26 heavy (non-hydrogen) atoms. The van der Waals surface area contributed by atoms with Crippen molar-refractivity contribution in [1.29, 1.82) is 5.26 Å². The Morgan fingerprint density at radius 2 is 1.62 bits per heavy atom. The van der Waals surface area contributed by atoms with Crippen LogP contribution in [0, 0.1) is 25.2 Å². The van der Waals surface area contributed by atoms with Crippen molar-refractivity contribution in [3.05, 3.63) is 65.4 Å². The van der Waals surface area contributed by atoms with Gasteiger partial charge < -0.3 is 16.0 Å². The second-order valence-corrected chi connectivity index (χ2v) is 5.77. The van der Waals surface area contributed by atoms with E-state index in [2.05, 4.69) is 16.0 Å².